The average molecular weight is 274 g/mol. The van der Waals surface area contributed by atoms with Gasteiger partial charge < -0.3 is 10.6 Å². The first kappa shape index (κ1) is 14.9. The van der Waals surface area contributed by atoms with Crippen molar-refractivity contribution in [3.63, 3.8) is 0 Å². The highest BCUT2D eigenvalue weighted by atomic mass is 16.2. The van der Waals surface area contributed by atoms with Crippen molar-refractivity contribution in [2.75, 3.05) is 12.3 Å². The fraction of sp³-hybridized carbons (Fsp3) is 0.588. The van der Waals surface area contributed by atoms with Crippen molar-refractivity contribution < 1.29 is 4.79 Å². The zero-order chi connectivity index (χ0) is 14.4. The van der Waals surface area contributed by atoms with Crippen LogP contribution in [-0.4, -0.2) is 17.4 Å². The van der Waals surface area contributed by atoms with Gasteiger partial charge in [-0.3, -0.25) is 4.79 Å². The van der Waals surface area contributed by atoms with E-state index in [0.29, 0.717) is 13.0 Å². The van der Waals surface area contributed by atoms with Gasteiger partial charge in [0.2, 0.25) is 5.91 Å². The Balaban J connectivity index is 1.83. The van der Waals surface area contributed by atoms with E-state index in [2.05, 4.69) is 13.0 Å². The maximum absolute atomic E-state index is 12.2. The number of nitrogen functional groups attached to an aromatic ring is 1. The third-order valence-corrected chi connectivity index (χ3v) is 4.16. The molecule has 3 heteroatoms. The van der Waals surface area contributed by atoms with Gasteiger partial charge in [-0.25, -0.2) is 0 Å². The van der Waals surface area contributed by atoms with Gasteiger partial charge in [-0.05, 0) is 30.0 Å². The van der Waals surface area contributed by atoms with Crippen molar-refractivity contribution in [1.82, 2.24) is 4.90 Å². The number of carbonyl (C=O) groups excluding carboxylic acids is 1. The minimum atomic E-state index is 0.287. The molecular formula is C17H26N2O. The fourth-order valence-electron chi connectivity index (χ4n) is 2.86. The van der Waals surface area contributed by atoms with Crippen molar-refractivity contribution in [2.45, 2.75) is 58.4 Å². The first-order valence-electron chi connectivity index (χ1n) is 7.86. The van der Waals surface area contributed by atoms with Gasteiger partial charge in [-0.2, -0.15) is 0 Å². The van der Waals surface area contributed by atoms with Gasteiger partial charge in [0.15, 0.2) is 0 Å². The van der Waals surface area contributed by atoms with Crippen LogP contribution in [0.5, 0.6) is 0 Å². The molecule has 110 valence electrons. The van der Waals surface area contributed by atoms with Gasteiger partial charge in [0, 0.05) is 25.2 Å². The molecule has 0 saturated heterocycles. The Labute approximate surface area is 122 Å². The number of nitrogens with zero attached hydrogens (tertiary/aromatic N) is 1. The van der Waals surface area contributed by atoms with Crippen molar-refractivity contribution in [3.05, 3.63) is 29.3 Å². The Hall–Kier alpha value is -1.51. The summed E-state index contributed by atoms with van der Waals surface area (Å²) < 4.78 is 0. The molecule has 1 aliphatic heterocycles. The van der Waals surface area contributed by atoms with Crippen LogP contribution in [0.4, 0.5) is 5.69 Å². The van der Waals surface area contributed by atoms with E-state index < -0.39 is 0 Å². The van der Waals surface area contributed by atoms with Crippen molar-refractivity contribution in [3.8, 4) is 0 Å². The summed E-state index contributed by atoms with van der Waals surface area (Å²) >= 11 is 0. The molecule has 3 nitrogen and oxygen atoms in total. The van der Waals surface area contributed by atoms with E-state index in [4.69, 9.17) is 5.73 Å². The molecule has 1 aliphatic rings. The minimum absolute atomic E-state index is 0.287. The molecule has 0 aliphatic carbocycles. The smallest absolute Gasteiger partial charge is 0.222 e. The molecule has 0 aromatic heterocycles. The van der Waals surface area contributed by atoms with Crippen LogP contribution < -0.4 is 5.73 Å². The zero-order valence-corrected chi connectivity index (χ0v) is 12.5. The molecule has 2 N–H and O–H groups in total. The lowest BCUT2D eigenvalue weighted by Gasteiger charge is -2.29. The van der Waals surface area contributed by atoms with Crippen LogP contribution in [-0.2, 0) is 17.8 Å². The maximum Gasteiger partial charge on any atom is 0.222 e. The number of anilines is 1. The molecule has 0 radical (unpaired) electrons. The first-order chi connectivity index (χ1) is 9.72. The summed E-state index contributed by atoms with van der Waals surface area (Å²) in [5.41, 5.74) is 9.30. The average Bonchev–Trinajstić information content (AvgIpc) is 2.47. The molecule has 2 rings (SSSR count). The number of hydrogen-bond donors (Lipinski definition) is 1. The van der Waals surface area contributed by atoms with Gasteiger partial charge in [-0.1, -0.05) is 44.7 Å². The molecule has 1 aromatic carbocycles. The summed E-state index contributed by atoms with van der Waals surface area (Å²) in [4.78, 5) is 14.2. The lowest BCUT2D eigenvalue weighted by atomic mass is 9.97. The van der Waals surface area contributed by atoms with Crippen LogP contribution in [0.25, 0.3) is 0 Å². The van der Waals surface area contributed by atoms with Gasteiger partial charge >= 0.3 is 0 Å². The number of carbonyl (C=O) groups is 1. The molecule has 1 aromatic rings. The second kappa shape index (κ2) is 7.32. The van der Waals surface area contributed by atoms with Crippen LogP contribution in [0, 0.1) is 0 Å². The normalized spacial score (nSPS) is 14.2. The maximum atomic E-state index is 12.2. The third-order valence-electron chi connectivity index (χ3n) is 4.16. The quantitative estimate of drug-likeness (QED) is 0.637. The Morgan fingerprint density at radius 1 is 1.25 bits per heavy atom. The number of rotatable bonds is 6. The summed E-state index contributed by atoms with van der Waals surface area (Å²) in [5, 5.41) is 0. The summed E-state index contributed by atoms with van der Waals surface area (Å²) in [6.45, 7) is 3.74. The van der Waals surface area contributed by atoms with E-state index in [9.17, 15) is 4.79 Å². The summed E-state index contributed by atoms with van der Waals surface area (Å²) in [7, 11) is 0. The Morgan fingerprint density at radius 3 is 2.85 bits per heavy atom. The Kier molecular flexibility index (Phi) is 5.45. The van der Waals surface area contributed by atoms with E-state index in [1.165, 1.54) is 31.2 Å². The zero-order valence-electron chi connectivity index (χ0n) is 12.5. The van der Waals surface area contributed by atoms with E-state index in [0.717, 1.165) is 30.6 Å². The van der Waals surface area contributed by atoms with E-state index >= 15 is 0 Å². The SMILES string of the molecule is CCCCCCCC(=O)N1CCc2cccc(N)c2C1. The summed E-state index contributed by atoms with van der Waals surface area (Å²) in [6, 6.07) is 6.05. The number of hydrogen-bond acceptors (Lipinski definition) is 2. The van der Waals surface area contributed by atoms with Crippen molar-refractivity contribution >= 4 is 11.6 Å². The van der Waals surface area contributed by atoms with E-state index in [-0.39, 0.29) is 5.91 Å². The number of unbranched alkanes of at least 4 members (excludes halogenated alkanes) is 4. The second-order valence-electron chi connectivity index (χ2n) is 5.71. The molecule has 20 heavy (non-hydrogen) atoms. The summed E-state index contributed by atoms with van der Waals surface area (Å²) in [5.74, 6) is 0.287. The van der Waals surface area contributed by atoms with Crippen LogP contribution >= 0.6 is 0 Å². The molecular weight excluding hydrogens is 248 g/mol. The molecule has 1 heterocycles. The number of fused-ring (bicyclic) bond motifs is 1. The number of benzene rings is 1. The molecule has 0 atom stereocenters. The highest BCUT2D eigenvalue weighted by molar-refractivity contribution is 5.76. The van der Waals surface area contributed by atoms with Crippen molar-refractivity contribution in [2.24, 2.45) is 0 Å². The lowest BCUT2D eigenvalue weighted by Crippen LogP contribution is -2.36. The van der Waals surface area contributed by atoms with E-state index in [1.54, 1.807) is 0 Å². The predicted molar refractivity (Wildman–Crippen MR) is 83.4 cm³/mol. The molecule has 0 bridgehead atoms. The lowest BCUT2D eigenvalue weighted by molar-refractivity contribution is -0.132. The van der Waals surface area contributed by atoms with Crippen LogP contribution in [0.3, 0.4) is 0 Å². The predicted octanol–water partition coefficient (Wildman–Crippen LogP) is 3.51. The standard InChI is InChI=1S/C17H26N2O/c1-2-3-4-5-6-10-17(20)19-12-11-14-8-7-9-16(18)15(14)13-19/h7-9H,2-6,10-13,18H2,1H3. The molecule has 1 amide bonds. The van der Waals surface area contributed by atoms with Gasteiger partial charge in [0.05, 0.1) is 0 Å². The van der Waals surface area contributed by atoms with Crippen LogP contribution in [0.15, 0.2) is 18.2 Å². The van der Waals surface area contributed by atoms with Gasteiger partial charge in [0.25, 0.3) is 0 Å². The van der Waals surface area contributed by atoms with Crippen LogP contribution in [0.2, 0.25) is 0 Å². The number of amides is 1. The minimum Gasteiger partial charge on any atom is -0.398 e. The Morgan fingerprint density at radius 2 is 2.05 bits per heavy atom. The van der Waals surface area contributed by atoms with Crippen LogP contribution in [0.1, 0.15) is 56.6 Å². The topological polar surface area (TPSA) is 46.3 Å². The molecule has 0 fully saturated rings. The highest BCUT2D eigenvalue weighted by Gasteiger charge is 2.21. The second-order valence-corrected chi connectivity index (χ2v) is 5.71. The third kappa shape index (κ3) is 3.75. The molecule has 0 unspecified atom stereocenters. The fourth-order valence-corrected chi connectivity index (χ4v) is 2.86. The van der Waals surface area contributed by atoms with Gasteiger partial charge in [-0.15, -0.1) is 0 Å². The molecule has 0 saturated carbocycles. The monoisotopic (exact) mass is 274 g/mol. The van der Waals surface area contributed by atoms with E-state index in [1.807, 2.05) is 17.0 Å². The summed E-state index contributed by atoms with van der Waals surface area (Å²) in [6.07, 6.45) is 7.59. The van der Waals surface area contributed by atoms with Gasteiger partial charge in [0.1, 0.15) is 0 Å². The Bertz CT molecular complexity index is 456. The largest absolute Gasteiger partial charge is 0.398 e. The number of nitrogens with two attached hydrogens (primary N) is 1. The molecule has 0 spiro atoms. The highest BCUT2D eigenvalue weighted by Crippen LogP contribution is 2.24. The van der Waals surface area contributed by atoms with Crippen molar-refractivity contribution in [1.29, 1.82) is 0 Å². The first-order valence-corrected chi connectivity index (χ1v) is 7.86.